The van der Waals surface area contributed by atoms with Gasteiger partial charge < -0.3 is 15.0 Å². The van der Waals surface area contributed by atoms with Gasteiger partial charge in [0, 0.05) is 18.3 Å². The Morgan fingerprint density at radius 2 is 1.68 bits per heavy atom. The highest BCUT2D eigenvalue weighted by atomic mass is 16.5. The van der Waals surface area contributed by atoms with Crippen LogP contribution in [0.1, 0.15) is 22.8 Å². The zero-order chi connectivity index (χ0) is 18.4. The van der Waals surface area contributed by atoms with E-state index in [0.717, 1.165) is 5.56 Å². The Kier molecular flexibility index (Phi) is 5.89. The molecule has 0 aliphatic heterocycles. The maximum Gasteiger partial charge on any atom is 0.337 e. The molecule has 0 spiro atoms. The molecule has 0 atom stereocenters. The highest BCUT2D eigenvalue weighted by Crippen LogP contribution is 2.19. The molecule has 2 aromatic carbocycles. The zero-order valence-electron chi connectivity index (χ0n) is 14.4. The predicted molar refractivity (Wildman–Crippen MR) is 95.6 cm³/mol. The maximum atomic E-state index is 12.3. The lowest BCUT2D eigenvalue weighted by atomic mass is 10.1. The van der Waals surface area contributed by atoms with Gasteiger partial charge in [-0.1, -0.05) is 18.2 Å². The number of aryl methyl sites for hydroxylation is 1. The van der Waals surface area contributed by atoms with Gasteiger partial charge in [0.25, 0.3) is 0 Å². The van der Waals surface area contributed by atoms with Crippen LogP contribution in [0.15, 0.2) is 48.5 Å². The van der Waals surface area contributed by atoms with Crippen LogP contribution in [-0.4, -0.2) is 31.4 Å². The Morgan fingerprint density at radius 3 is 2.24 bits per heavy atom. The molecule has 0 saturated heterocycles. The largest absolute Gasteiger partial charge is 0.465 e. The molecule has 25 heavy (non-hydrogen) atoms. The third-order valence-corrected chi connectivity index (χ3v) is 3.68. The molecular formula is C19H20N2O4. The Labute approximate surface area is 146 Å². The molecule has 2 rings (SSSR count). The van der Waals surface area contributed by atoms with Gasteiger partial charge >= 0.3 is 5.97 Å². The first-order chi connectivity index (χ1) is 11.9. The lowest BCUT2D eigenvalue weighted by molar-refractivity contribution is -0.120. The summed E-state index contributed by atoms with van der Waals surface area (Å²) >= 11 is 0. The minimum absolute atomic E-state index is 0.0983. The molecule has 0 saturated carbocycles. The van der Waals surface area contributed by atoms with Gasteiger partial charge in [-0.25, -0.2) is 4.79 Å². The second-order valence-corrected chi connectivity index (χ2v) is 5.51. The van der Waals surface area contributed by atoms with Gasteiger partial charge in [-0.3, -0.25) is 9.59 Å². The number of amides is 2. The number of methoxy groups -OCH3 is 1. The van der Waals surface area contributed by atoms with Crippen molar-refractivity contribution in [3.05, 3.63) is 59.7 Å². The minimum Gasteiger partial charge on any atom is -0.465 e. The van der Waals surface area contributed by atoms with E-state index in [0.29, 0.717) is 16.9 Å². The van der Waals surface area contributed by atoms with Crippen molar-refractivity contribution < 1.29 is 19.1 Å². The van der Waals surface area contributed by atoms with Crippen LogP contribution in [0.5, 0.6) is 0 Å². The van der Waals surface area contributed by atoms with Crippen molar-refractivity contribution in [2.45, 2.75) is 13.8 Å². The second-order valence-electron chi connectivity index (χ2n) is 5.51. The molecule has 6 heteroatoms. The van der Waals surface area contributed by atoms with Gasteiger partial charge in [0.1, 0.15) is 6.54 Å². The quantitative estimate of drug-likeness (QED) is 0.849. The number of para-hydroxylation sites is 1. The highest BCUT2D eigenvalue weighted by Gasteiger charge is 2.17. The summed E-state index contributed by atoms with van der Waals surface area (Å²) in [7, 11) is 1.31. The summed E-state index contributed by atoms with van der Waals surface area (Å²) in [5.41, 5.74) is 2.54. The van der Waals surface area contributed by atoms with E-state index in [9.17, 15) is 14.4 Å². The number of benzene rings is 2. The third kappa shape index (κ3) is 4.67. The standard InChI is InChI=1S/C19H20N2O4/c1-13-6-4-5-7-17(13)21(14(2)22)12-18(23)20-16-10-8-15(9-11-16)19(24)25-3/h4-11H,12H2,1-3H3,(H,20,23). The van der Waals surface area contributed by atoms with Crippen molar-refractivity contribution in [3.63, 3.8) is 0 Å². The predicted octanol–water partition coefficient (Wildman–Crippen LogP) is 2.77. The topological polar surface area (TPSA) is 75.7 Å². The fourth-order valence-electron chi connectivity index (χ4n) is 2.38. The number of hydrogen-bond donors (Lipinski definition) is 1. The molecule has 0 bridgehead atoms. The lowest BCUT2D eigenvalue weighted by Crippen LogP contribution is -2.37. The number of nitrogens with one attached hydrogen (secondary N) is 1. The molecule has 2 amide bonds. The molecule has 0 heterocycles. The fourth-order valence-corrected chi connectivity index (χ4v) is 2.38. The number of carbonyl (C=O) groups is 3. The van der Waals surface area contributed by atoms with E-state index in [2.05, 4.69) is 10.1 Å². The van der Waals surface area contributed by atoms with E-state index in [4.69, 9.17) is 0 Å². The number of nitrogens with zero attached hydrogens (tertiary/aromatic N) is 1. The van der Waals surface area contributed by atoms with E-state index in [1.54, 1.807) is 30.3 Å². The Bertz CT molecular complexity index is 784. The van der Waals surface area contributed by atoms with Crippen LogP contribution in [-0.2, 0) is 14.3 Å². The fraction of sp³-hybridized carbons (Fsp3) is 0.211. The van der Waals surface area contributed by atoms with Gasteiger partial charge in [0.2, 0.25) is 11.8 Å². The average molecular weight is 340 g/mol. The first-order valence-corrected chi connectivity index (χ1v) is 7.74. The maximum absolute atomic E-state index is 12.3. The van der Waals surface area contributed by atoms with Crippen molar-refractivity contribution in [1.82, 2.24) is 0 Å². The van der Waals surface area contributed by atoms with Crippen molar-refractivity contribution in [3.8, 4) is 0 Å². The summed E-state index contributed by atoms with van der Waals surface area (Å²) < 4.78 is 4.63. The smallest absolute Gasteiger partial charge is 0.337 e. The first kappa shape index (κ1) is 18.2. The molecule has 0 radical (unpaired) electrons. The van der Waals surface area contributed by atoms with Crippen LogP contribution in [0.2, 0.25) is 0 Å². The molecule has 130 valence electrons. The van der Waals surface area contributed by atoms with Gasteiger partial charge in [-0.05, 0) is 42.8 Å². The zero-order valence-corrected chi connectivity index (χ0v) is 14.4. The number of hydrogen-bond acceptors (Lipinski definition) is 4. The molecule has 0 unspecified atom stereocenters. The molecule has 0 aromatic heterocycles. The van der Waals surface area contributed by atoms with Crippen LogP contribution >= 0.6 is 0 Å². The number of esters is 1. The van der Waals surface area contributed by atoms with E-state index in [-0.39, 0.29) is 18.4 Å². The van der Waals surface area contributed by atoms with Crippen molar-refractivity contribution in [1.29, 1.82) is 0 Å². The number of carbonyl (C=O) groups excluding carboxylic acids is 3. The van der Waals surface area contributed by atoms with Crippen LogP contribution in [0, 0.1) is 6.92 Å². The number of rotatable bonds is 5. The van der Waals surface area contributed by atoms with E-state index < -0.39 is 5.97 Å². The monoisotopic (exact) mass is 340 g/mol. The highest BCUT2D eigenvalue weighted by molar-refractivity contribution is 6.02. The van der Waals surface area contributed by atoms with Gasteiger partial charge in [-0.15, -0.1) is 0 Å². The van der Waals surface area contributed by atoms with Crippen molar-refractivity contribution in [2.75, 3.05) is 23.9 Å². The SMILES string of the molecule is COC(=O)c1ccc(NC(=O)CN(C(C)=O)c2ccccc2C)cc1. The van der Waals surface area contributed by atoms with Crippen molar-refractivity contribution in [2.24, 2.45) is 0 Å². The summed E-state index contributed by atoms with van der Waals surface area (Å²) in [6.45, 7) is 3.21. The number of ether oxygens (including phenoxy) is 1. The van der Waals surface area contributed by atoms with Gasteiger partial charge in [0.15, 0.2) is 0 Å². The summed E-state index contributed by atoms with van der Waals surface area (Å²) in [6, 6.07) is 13.7. The summed E-state index contributed by atoms with van der Waals surface area (Å²) in [5, 5.41) is 2.72. The molecule has 1 N–H and O–H groups in total. The molecule has 6 nitrogen and oxygen atoms in total. The van der Waals surface area contributed by atoms with Crippen LogP contribution in [0.3, 0.4) is 0 Å². The molecular weight excluding hydrogens is 320 g/mol. The van der Waals surface area contributed by atoms with E-state index in [1.807, 2.05) is 25.1 Å². The van der Waals surface area contributed by atoms with E-state index >= 15 is 0 Å². The normalized spacial score (nSPS) is 10.0. The average Bonchev–Trinajstić information content (AvgIpc) is 2.60. The van der Waals surface area contributed by atoms with Crippen molar-refractivity contribution >= 4 is 29.2 Å². The Hall–Kier alpha value is -3.15. The number of anilines is 2. The first-order valence-electron chi connectivity index (χ1n) is 7.74. The van der Waals surface area contributed by atoms with Crippen LogP contribution in [0.25, 0.3) is 0 Å². The second kappa shape index (κ2) is 8.10. The van der Waals surface area contributed by atoms with Crippen LogP contribution in [0.4, 0.5) is 11.4 Å². The van der Waals surface area contributed by atoms with Gasteiger partial charge in [-0.2, -0.15) is 0 Å². The summed E-state index contributed by atoms with van der Waals surface area (Å²) in [4.78, 5) is 37.0. The third-order valence-electron chi connectivity index (χ3n) is 3.68. The molecule has 0 aliphatic carbocycles. The van der Waals surface area contributed by atoms with Gasteiger partial charge in [0.05, 0.1) is 12.7 Å². The summed E-state index contributed by atoms with van der Waals surface area (Å²) in [5.74, 6) is -0.991. The Morgan fingerprint density at radius 1 is 1.04 bits per heavy atom. The summed E-state index contributed by atoms with van der Waals surface area (Å²) in [6.07, 6.45) is 0. The minimum atomic E-state index is -0.444. The van der Waals surface area contributed by atoms with Crippen LogP contribution < -0.4 is 10.2 Å². The lowest BCUT2D eigenvalue weighted by Gasteiger charge is -2.22. The molecule has 0 aliphatic rings. The van der Waals surface area contributed by atoms with E-state index in [1.165, 1.54) is 18.9 Å². The Balaban J connectivity index is 2.08. The molecule has 0 fully saturated rings. The molecule has 2 aromatic rings.